The lowest BCUT2D eigenvalue weighted by molar-refractivity contribution is -0.384. The van der Waals surface area contributed by atoms with Gasteiger partial charge >= 0.3 is 0 Å². The van der Waals surface area contributed by atoms with Crippen LogP contribution >= 0.6 is 23.1 Å². The largest absolute Gasteiger partial charge is 0.379 e. The summed E-state index contributed by atoms with van der Waals surface area (Å²) in [5.41, 5.74) is 0.857. The minimum atomic E-state index is -3.99. The molecule has 2 aromatic carbocycles. The van der Waals surface area contributed by atoms with Gasteiger partial charge in [0.2, 0.25) is 10.0 Å². The molecule has 136 valence electrons. The first-order valence-electron chi connectivity index (χ1n) is 7.38. The molecule has 0 saturated heterocycles. The van der Waals surface area contributed by atoms with Crippen LogP contribution in [0.2, 0.25) is 0 Å². The average Bonchev–Trinajstić information content (AvgIpc) is 3.00. The molecule has 1 heterocycles. The normalized spacial score (nSPS) is 11.6. The van der Waals surface area contributed by atoms with Crippen LogP contribution in [0.3, 0.4) is 0 Å². The minimum Gasteiger partial charge on any atom is -0.379 e. The van der Waals surface area contributed by atoms with Gasteiger partial charge in [0.1, 0.15) is 5.69 Å². The Morgan fingerprint density at radius 1 is 1.27 bits per heavy atom. The number of fused-ring (bicyclic) bond motifs is 1. The lowest BCUT2D eigenvalue weighted by atomic mass is 10.2. The summed E-state index contributed by atoms with van der Waals surface area (Å²) >= 11 is 3.14. The highest BCUT2D eigenvalue weighted by Crippen LogP contribution is 2.30. The third-order valence-corrected chi connectivity index (χ3v) is 6.50. The van der Waals surface area contributed by atoms with E-state index in [1.807, 2.05) is 24.3 Å². The smallest absolute Gasteiger partial charge is 0.293 e. The van der Waals surface area contributed by atoms with E-state index in [2.05, 4.69) is 10.3 Å². The molecule has 11 heteroatoms. The zero-order valence-electron chi connectivity index (χ0n) is 13.3. The molecule has 0 aliphatic carbocycles. The molecule has 3 rings (SSSR count). The summed E-state index contributed by atoms with van der Waals surface area (Å²) in [5, 5.41) is 19.1. The Morgan fingerprint density at radius 2 is 2.04 bits per heavy atom. The quantitative estimate of drug-likeness (QED) is 0.265. The molecule has 8 nitrogen and oxygen atoms in total. The van der Waals surface area contributed by atoms with Gasteiger partial charge < -0.3 is 5.32 Å². The number of nitro groups is 1. The standard InChI is InChI=1S/C15H14N4O4S3/c16-26(22,23)10-5-6-11(13(9-10)19(20)21)17-7-8-24-15-18-12-3-1-2-4-14(12)25-15/h1-6,9,17H,7-8H2,(H2,16,22,23). The van der Waals surface area contributed by atoms with Crippen molar-refractivity contribution in [3.63, 3.8) is 0 Å². The summed E-state index contributed by atoms with van der Waals surface area (Å²) in [6.45, 7) is 0.455. The van der Waals surface area contributed by atoms with Crippen molar-refractivity contribution in [1.29, 1.82) is 0 Å². The molecule has 1 aromatic heterocycles. The van der Waals surface area contributed by atoms with Crippen molar-refractivity contribution in [2.45, 2.75) is 9.24 Å². The number of nitrogens with zero attached hydrogens (tertiary/aromatic N) is 2. The highest BCUT2D eigenvalue weighted by molar-refractivity contribution is 8.01. The van der Waals surface area contributed by atoms with E-state index in [0.717, 1.165) is 20.6 Å². The van der Waals surface area contributed by atoms with Crippen molar-refractivity contribution in [2.24, 2.45) is 5.14 Å². The van der Waals surface area contributed by atoms with Crippen molar-refractivity contribution >= 4 is 54.7 Å². The summed E-state index contributed by atoms with van der Waals surface area (Å²) in [7, 11) is -3.99. The molecule has 0 aliphatic heterocycles. The van der Waals surface area contributed by atoms with Gasteiger partial charge in [-0.25, -0.2) is 18.5 Å². The Bertz CT molecular complexity index is 1030. The van der Waals surface area contributed by atoms with Crippen molar-refractivity contribution in [1.82, 2.24) is 4.98 Å². The molecule has 0 amide bonds. The first-order chi connectivity index (χ1) is 12.3. The molecule has 0 bridgehead atoms. The monoisotopic (exact) mass is 410 g/mol. The second kappa shape index (κ2) is 7.58. The maximum atomic E-state index is 11.3. The number of sulfonamides is 1. The Labute approximate surface area is 157 Å². The molecule has 0 aliphatic rings. The lowest BCUT2D eigenvalue weighted by Crippen LogP contribution is -2.13. The molecule has 3 N–H and O–H groups in total. The zero-order chi connectivity index (χ0) is 18.7. The average molecular weight is 411 g/mol. The summed E-state index contributed by atoms with van der Waals surface area (Å²) < 4.78 is 24.7. The fourth-order valence-electron chi connectivity index (χ4n) is 2.23. The van der Waals surface area contributed by atoms with Crippen LogP contribution in [-0.4, -0.2) is 30.6 Å². The Kier molecular flexibility index (Phi) is 5.41. The van der Waals surface area contributed by atoms with Crippen LogP contribution in [0.5, 0.6) is 0 Å². The number of nitrogens with two attached hydrogens (primary N) is 1. The van der Waals surface area contributed by atoms with Crippen LogP contribution in [0.15, 0.2) is 51.7 Å². The van der Waals surface area contributed by atoms with Gasteiger partial charge in [-0.2, -0.15) is 0 Å². The number of aromatic nitrogens is 1. The van der Waals surface area contributed by atoms with Crippen LogP contribution in [0, 0.1) is 10.1 Å². The van der Waals surface area contributed by atoms with Crippen LogP contribution in [0.25, 0.3) is 10.2 Å². The van der Waals surface area contributed by atoms with Crippen LogP contribution in [0.1, 0.15) is 0 Å². The van der Waals surface area contributed by atoms with Crippen molar-refractivity contribution in [3.8, 4) is 0 Å². The topological polar surface area (TPSA) is 128 Å². The van der Waals surface area contributed by atoms with E-state index in [-0.39, 0.29) is 16.3 Å². The van der Waals surface area contributed by atoms with Gasteiger partial charge in [0.25, 0.3) is 5.69 Å². The van der Waals surface area contributed by atoms with Gasteiger partial charge in [-0.05, 0) is 24.3 Å². The van der Waals surface area contributed by atoms with E-state index in [4.69, 9.17) is 5.14 Å². The number of benzene rings is 2. The van der Waals surface area contributed by atoms with Crippen molar-refractivity contribution in [3.05, 3.63) is 52.6 Å². The second-order valence-corrected chi connectivity index (χ2v) is 9.14. The number of thiazole rings is 1. The number of para-hydroxylation sites is 1. The van der Waals surface area contributed by atoms with Crippen LogP contribution in [0.4, 0.5) is 11.4 Å². The van der Waals surface area contributed by atoms with E-state index < -0.39 is 14.9 Å². The highest BCUT2D eigenvalue weighted by atomic mass is 32.2. The molecule has 0 radical (unpaired) electrons. The molecular weight excluding hydrogens is 396 g/mol. The number of nitro benzene ring substituents is 1. The van der Waals surface area contributed by atoms with Crippen molar-refractivity contribution in [2.75, 3.05) is 17.6 Å². The highest BCUT2D eigenvalue weighted by Gasteiger charge is 2.18. The fourth-order valence-corrected chi connectivity index (χ4v) is 4.75. The van der Waals surface area contributed by atoms with Gasteiger partial charge in [0.05, 0.1) is 20.0 Å². The summed E-state index contributed by atoms with van der Waals surface area (Å²) in [6.07, 6.45) is 0. The van der Waals surface area contributed by atoms with E-state index in [0.29, 0.717) is 12.3 Å². The number of hydrogen-bond acceptors (Lipinski definition) is 8. The maximum Gasteiger partial charge on any atom is 0.293 e. The number of rotatable bonds is 7. The Hall–Kier alpha value is -2.21. The molecule has 0 fully saturated rings. The molecule has 3 aromatic rings. The number of anilines is 1. The number of hydrogen-bond donors (Lipinski definition) is 2. The number of nitrogens with one attached hydrogen (secondary N) is 1. The van der Waals surface area contributed by atoms with Gasteiger partial charge in [-0.1, -0.05) is 23.9 Å². The third kappa shape index (κ3) is 4.30. The predicted octanol–water partition coefficient (Wildman–Crippen LogP) is 3.06. The van der Waals surface area contributed by atoms with Crippen molar-refractivity contribution < 1.29 is 13.3 Å². The first kappa shape index (κ1) is 18.6. The van der Waals surface area contributed by atoms with E-state index >= 15 is 0 Å². The molecule has 0 saturated carbocycles. The van der Waals surface area contributed by atoms with Crippen LogP contribution < -0.4 is 10.5 Å². The van der Waals surface area contributed by atoms with Gasteiger partial charge in [-0.3, -0.25) is 10.1 Å². The van der Waals surface area contributed by atoms with E-state index in [1.54, 1.807) is 23.1 Å². The summed E-state index contributed by atoms with van der Waals surface area (Å²) in [5.74, 6) is 0.647. The first-order valence-corrected chi connectivity index (χ1v) is 10.7. The minimum absolute atomic E-state index is 0.243. The number of primary sulfonamides is 1. The van der Waals surface area contributed by atoms with Gasteiger partial charge in [0, 0.05) is 18.4 Å². The van der Waals surface area contributed by atoms with Gasteiger partial charge in [0.15, 0.2) is 4.34 Å². The second-order valence-electron chi connectivity index (χ2n) is 5.20. The predicted molar refractivity (Wildman–Crippen MR) is 103 cm³/mol. The number of thioether (sulfide) groups is 1. The fraction of sp³-hybridized carbons (Fsp3) is 0.133. The summed E-state index contributed by atoms with van der Waals surface area (Å²) in [4.78, 5) is 14.7. The van der Waals surface area contributed by atoms with E-state index in [1.165, 1.54) is 12.1 Å². The molecule has 0 unspecified atom stereocenters. The Morgan fingerprint density at radius 3 is 2.73 bits per heavy atom. The van der Waals surface area contributed by atoms with E-state index in [9.17, 15) is 18.5 Å². The Balaban J connectivity index is 1.64. The third-order valence-electron chi connectivity index (χ3n) is 3.41. The lowest BCUT2D eigenvalue weighted by Gasteiger charge is -2.07. The maximum absolute atomic E-state index is 11.3. The molecule has 0 spiro atoms. The van der Waals surface area contributed by atoms with Crippen LogP contribution in [-0.2, 0) is 10.0 Å². The SMILES string of the molecule is NS(=O)(=O)c1ccc(NCCSc2nc3ccccc3s2)c([N+](=O)[O-])c1. The van der Waals surface area contributed by atoms with Gasteiger partial charge in [-0.15, -0.1) is 11.3 Å². The zero-order valence-corrected chi connectivity index (χ0v) is 15.7. The molecular formula is C15H14N4O4S3. The molecule has 0 atom stereocenters. The summed E-state index contributed by atoms with van der Waals surface area (Å²) in [6, 6.07) is 11.4. The molecule has 26 heavy (non-hydrogen) atoms.